The highest BCUT2D eigenvalue weighted by Crippen LogP contribution is 2.28. The standard InChI is InChI=1S/C20H20N4O2/c1-12(15-11-22-16-8-3-2-7-14(15)16)18-20(26)23-17(19(25)24-18)10-13-6-4-5-9-21-13/h2-9,11-12,17-18,22H,10H2,1H3,(H,23,26)(H,24,25)/t12?,17-,18+/m0/s1. The fraction of sp³-hybridized carbons (Fsp3) is 0.250. The fourth-order valence-corrected chi connectivity index (χ4v) is 3.52. The Morgan fingerprint density at radius 3 is 2.65 bits per heavy atom. The average molecular weight is 348 g/mol. The van der Waals surface area contributed by atoms with Gasteiger partial charge in [0, 0.05) is 41.3 Å². The van der Waals surface area contributed by atoms with Gasteiger partial charge in [0.05, 0.1) is 0 Å². The number of fused-ring (bicyclic) bond motifs is 1. The number of carbonyl (C=O) groups is 2. The molecule has 1 aromatic carbocycles. The van der Waals surface area contributed by atoms with Crippen LogP contribution in [0.25, 0.3) is 10.9 Å². The van der Waals surface area contributed by atoms with Crippen molar-refractivity contribution in [2.75, 3.05) is 0 Å². The van der Waals surface area contributed by atoms with E-state index in [0.29, 0.717) is 6.42 Å². The molecule has 0 radical (unpaired) electrons. The molecule has 1 aliphatic rings. The number of nitrogens with zero attached hydrogens (tertiary/aromatic N) is 1. The van der Waals surface area contributed by atoms with E-state index in [9.17, 15) is 9.59 Å². The van der Waals surface area contributed by atoms with Crippen molar-refractivity contribution in [2.45, 2.75) is 31.3 Å². The first-order valence-electron chi connectivity index (χ1n) is 8.70. The summed E-state index contributed by atoms with van der Waals surface area (Å²) < 4.78 is 0. The summed E-state index contributed by atoms with van der Waals surface area (Å²) in [6.45, 7) is 1.96. The van der Waals surface area contributed by atoms with Gasteiger partial charge in [-0.2, -0.15) is 0 Å². The Balaban J connectivity index is 1.52. The van der Waals surface area contributed by atoms with E-state index < -0.39 is 12.1 Å². The van der Waals surface area contributed by atoms with Gasteiger partial charge >= 0.3 is 0 Å². The molecule has 2 amide bonds. The molecule has 0 bridgehead atoms. The summed E-state index contributed by atoms with van der Waals surface area (Å²) in [7, 11) is 0. The topological polar surface area (TPSA) is 86.9 Å². The summed E-state index contributed by atoms with van der Waals surface area (Å²) in [4.78, 5) is 32.6. The minimum atomic E-state index is -0.596. The fourth-order valence-electron chi connectivity index (χ4n) is 3.52. The van der Waals surface area contributed by atoms with Crippen molar-refractivity contribution in [3.05, 3.63) is 66.1 Å². The van der Waals surface area contributed by atoms with E-state index >= 15 is 0 Å². The summed E-state index contributed by atoms with van der Waals surface area (Å²) in [5, 5.41) is 6.82. The Hall–Kier alpha value is -3.15. The van der Waals surface area contributed by atoms with E-state index in [1.165, 1.54) is 0 Å². The quantitative estimate of drug-likeness (QED) is 0.673. The van der Waals surface area contributed by atoms with Gasteiger partial charge in [0.2, 0.25) is 11.8 Å². The molecule has 0 spiro atoms. The van der Waals surface area contributed by atoms with Crippen molar-refractivity contribution in [1.82, 2.24) is 20.6 Å². The SMILES string of the molecule is CC(c1c[nH]c2ccccc12)[C@H]1NC(=O)[C@H](Cc2ccccn2)NC1=O. The Bertz CT molecular complexity index is 951. The molecular formula is C20H20N4O2. The molecule has 1 saturated heterocycles. The van der Waals surface area contributed by atoms with Gasteiger partial charge in [-0.1, -0.05) is 31.2 Å². The van der Waals surface area contributed by atoms with E-state index in [1.807, 2.05) is 55.6 Å². The number of nitrogens with one attached hydrogen (secondary N) is 3. The molecule has 0 saturated carbocycles. The van der Waals surface area contributed by atoms with Gasteiger partial charge < -0.3 is 15.6 Å². The maximum atomic E-state index is 12.7. The molecule has 1 aliphatic heterocycles. The van der Waals surface area contributed by atoms with Crippen molar-refractivity contribution >= 4 is 22.7 Å². The second-order valence-corrected chi connectivity index (χ2v) is 6.65. The third-order valence-electron chi connectivity index (χ3n) is 4.96. The second kappa shape index (κ2) is 6.63. The summed E-state index contributed by atoms with van der Waals surface area (Å²) in [6.07, 6.45) is 3.97. The molecule has 3 N–H and O–H groups in total. The number of rotatable bonds is 4. The van der Waals surface area contributed by atoms with Crippen LogP contribution in [-0.2, 0) is 16.0 Å². The summed E-state index contributed by atoms with van der Waals surface area (Å²) >= 11 is 0. The smallest absolute Gasteiger partial charge is 0.243 e. The Kier molecular flexibility index (Phi) is 4.16. The number of para-hydroxylation sites is 1. The zero-order valence-corrected chi connectivity index (χ0v) is 14.4. The normalized spacial score (nSPS) is 21.3. The van der Waals surface area contributed by atoms with Crippen molar-refractivity contribution in [1.29, 1.82) is 0 Å². The van der Waals surface area contributed by atoms with Gasteiger partial charge in [0.15, 0.2) is 0 Å². The van der Waals surface area contributed by atoms with Gasteiger partial charge in [-0.25, -0.2) is 0 Å². The highest BCUT2D eigenvalue weighted by atomic mass is 16.2. The molecule has 3 aromatic rings. The van der Waals surface area contributed by atoms with Gasteiger partial charge in [-0.15, -0.1) is 0 Å². The maximum Gasteiger partial charge on any atom is 0.243 e. The molecule has 132 valence electrons. The van der Waals surface area contributed by atoms with E-state index in [4.69, 9.17) is 0 Å². The van der Waals surface area contributed by atoms with Gasteiger partial charge in [-0.3, -0.25) is 14.6 Å². The molecule has 6 heteroatoms. The molecule has 2 aromatic heterocycles. The number of benzene rings is 1. The van der Waals surface area contributed by atoms with Crippen LogP contribution < -0.4 is 10.6 Å². The lowest BCUT2D eigenvalue weighted by Gasteiger charge is -2.32. The number of piperazine rings is 1. The van der Waals surface area contributed by atoms with Gasteiger partial charge in [0.25, 0.3) is 0 Å². The molecule has 4 rings (SSSR count). The molecule has 1 unspecified atom stereocenters. The zero-order valence-electron chi connectivity index (χ0n) is 14.4. The lowest BCUT2D eigenvalue weighted by Crippen LogP contribution is -2.63. The predicted octanol–water partition coefficient (Wildman–Crippen LogP) is 1.89. The maximum absolute atomic E-state index is 12.7. The number of aromatic nitrogens is 2. The number of aromatic amines is 1. The predicted molar refractivity (Wildman–Crippen MR) is 98.5 cm³/mol. The first-order chi connectivity index (χ1) is 12.6. The van der Waals surface area contributed by atoms with E-state index in [2.05, 4.69) is 20.6 Å². The van der Waals surface area contributed by atoms with Crippen LogP contribution in [-0.4, -0.2) is 33.9 Å². The molecule has 3 atom stereocenters. The minimum absolute atomic E-state index is 0.147. The van der Waals surface area contributed by atoms with E-state index in [-0.39, 0.29) is 17.7 Å². The molecule has 1 fully saturated rings. The summed E-state index contributed by atoms with van der Waals surface area (Å²) in [6, 6.07) is 12.3. The van der Waals surface area contributed by atoms with Crippen LogP contribution in [0.5, 0.6) is 0 Å². The average Bonchev–Trinajstić information content (AvgIpc) is 3.09. The second-order valence-electron chi connectivity index (χ2n) is 6.65. The van der Waals surface area contributed by atoms with Crippen LogP contribution in [0.15, 0.2) is 54.9 Å². The summed E-state index contributed by atoms with van der Waals surface area (Å²) in [5.74, 6) is -0.485. The lowest BCUT2D eigenvalue weighted by molar-refractivity contribution is -0.137. The van der Waals surface area contributed by atoms with Crippen molar-refractivity contribution in [3.8, 4) is 0 Å². The molecule has 3 heterocycles. The van der Waals surface area contributed by atoms with Crippen molar-refractivity contribution < 1.29 is 9.59 Å². The number of amides is 2. The summed E-state index contributed by atoms with van der Waals surface area (Å²) in [5.41, 5.74) is 2.81. The lowest BCUT2D eigenvalue weighted by atomic mass is 9.90. The number of hydrogen-bond donors (Lipinski definition) is 3. The van der Waals surface area contributed by atoms with Crippen LogP contribution in [0.3, 0.4) is 0 Å². The van der Waals surface area contributed by atoms with Crippen LogP contribution in [0.1, 0.15) is 24.1 Å². The minimum Gasteiger partial charge on any atom is -0.361 e. The molecule has 6 nitrogen and oxygen atoms in total. The van der Waals surface area contributed by atoms with Crippen LogP contribution in [0, 0.1) is 0 Å². The first kappa shape index (κ1) is 16.3. The van der Waals surface area contributed by atoms with E-state index in [0.717, 1.165) is 22.2 Å². The number of hydrogen-bond acceptors (Lipinski definition) is 3. The van der Waals surface area contributed by atoms with Gasteiger partial charge in [0.1, 0.15) is 12.1 Å². The van der Waals surface area contributed by atoms with Gasteiger partial charge in [-0.05, 0) is 23.8 Å². The molecule has 0 aliphatic carbocycles. The highest BCUT2D eigenvalue weighted by Gasteiger charge is 2.37. The first-order valence-corrected chi connectivity index (χ1v) is 8.70. The highest BCUT2D eigenvalue weighted by molar-refractivity contribution is 5.98. The Labute approximate surface area is 151 Å². The molecular weight excluding hydrogens is 328 g/mol. The van der Waals surface area contributed by atoms with E-state index in [1.54, 1.807) is 6.20 Å². The largest absolute Gasteiger partial charge is 0.361 e. The van der Waals surface area contributed by atoms with Crippen molar-refractivity contribution in [2.24, 2.45) is 0 Å². The van der Waals surface area contributed by atoms with Crippen LogP contribution in [0.2, 0.25) is 0 Å². The third kappa shape index (κ3) is 2.94. The van der Waals surface area contributed by atoms with Crippen molar-refractivity contribution in [3.63, 3.8) is 0 Å². The third-order valence-corrected chi connectivity index (χ3v) is 4.96. The van der Waals surface area contributed by atoms with Crippen LogP contribution >= 0.6 is 0 Å². The number of H-pyrrole nitrogens is 1. The number of pyridine rings is 1. The number of carbonyl (C=O) groups excluding carboxylic acids is 2. The zero-order chi connectivity index (χ0) is 18.1. The van der Waals surface area contributed by atoms with Crippen LogP contribution in [0.4, 0.5) is 0 Å². The monoisotopic (exact) mass is 348 g/mol. The Morgan fingerprint density at radius 1 is 1.04 bits per heavy atom. The Morgan fingerprint density at radius 2 is 1.85 bits per heavy atom. The molecule has 26 heavy (non-hydrogen) atoms.